The van der Waals surface area contributed by atoms with Crippen LogP contribution in [0, 0.1) is 5.92 Å². The minimum Gasteiger partial charge on any atom is -0.381 e. The van der Waals surface area contributed by atoms with Gasteiger partial charge in [-0.3, -0.25) is 19.1 Å². The van der Waals surface area contributed by atoms with Gasteiger partial charge >= 0.3 is 0 Å². The smallest absolute Gasteiger partial charge is 0.270 e. The van der Waals surface area contributed by atoms with Crippen molar-refractivity contribution in [1.29, 1.82) is 0 Å². The van der Waals surface area contributed by atoms with Crippen molar-refractivity contribution in [1.82, 2.24) is 35.7 Å². The SMILES string of the molecule is CCNC(=O)[C@H](NC(=O)C1(c2ccc3nc(C(NC(=O)c4ccnn4C)C(c4ccccc4Cl)C(C)(C)F)[nH]c3c2)CCOCC1)C(C)C. The summed E-state index contributed by atoms with van der Waals surface area (Å²) in [4.78, 5) is 48.9. The highest BCUT2D eigenvalue weighted by Gasteiger charge is 2.45. The number of imidazole rings is 1. The van der Waals surface area contributed by atoms with Crippen molar-refractivity contribution in [3.05, 3.63) is 82.4 Å². The Morgan fingerprint density at radius 1 is 1.10 bits per heavy atom. The van der Waals surface area contributed by atoms with Crippen molar-refractivity contribution in [2.24, 2.45) is 13.0 Å². The number of carbonyl (C=O) groups excluding carboxylic acids is 3. The van der Waals surface area contributed by atoms with Gasteiger partial charge in [0.05, 0.1) is 22.5 Å². The van der Waals surface area contributed by atoms with Crippen molar-refractivity contribution in [2.75, 3.05) is 19.8 Å². The van der Waals surface area contributed by atoms with Crippen LogP contribution in [-0.2, 0) is 26.8 Å². The second kappa shape index (κ2) is 14.7. The normalized spacial score (nSPS) is 16.6. The number of amides is 3. The van der Waals surface area contributed by atoms with Gasteiger partial charge in [0.15, 0.2) is 0 Å². The van der Waals surface area contributed by atoms with Crippen LogP contribution in [0.25, 0.3) is 11.0 Å². The number of fused-ring (bicyclic) bond motifs is 1. The molecule has 1 aliphatic heterocycles. The Kier molecular flexibility index (Phi) is 10.8. The van der Waals surface area contributed by atoms with Gasteiger partial charge in [0.25, 0.3) is 5.91 Å². The first kappa shape index (κ1) is 36.0. The summed E-state index contributed by atoms with van der Waals surface area (Å²) in [6, 6.07) is 12.4. The van der Waals surface area contributed by atoms with E-state index in [0.717, 1.165) is 5.56 Å². The number of hydrogen-bond donors (Lipinski definition) is 4. The molecule has 3 amide bonds. The Morgan fingerprint density at radius 2 is 1.82 bits per heavy atom. The quantitative estimate of drug-likeness (QED) is 0.159. The first-order valence-electron chi connectivity index (χ1n) is 16.7. The number of nitrogens with one attached hydrogen (secondary N) is 4. The summed E-state index contributed by atoms with van der Waals surface area (Å²) < 4.78 is 23.5. The molecule has 1 saturated heterocycles. The van der Waals surface area contributed by atoms with Crippen molar-refractivity contribution in [3.63, 3.8) is 0 Å². The molecule has 2 aromatic carbocycles. The van der Waals surface area contributed by atoms with Gasteiger partial charge in [0.1, 0.15) is 23.2 Å². The average molecular weight is 694 g/mol. The molecule has 1 fully saturated rings. The number of aryl methyl sites for hydroxylation is 1. The van der Waals surface area contributed by atoms with E-state index in [9.17, 15) is 14.4 Å². The van der Waals surface area contributed by atoms with E-state index < -0.39 is 35.0 Å². The Morgan fingerprint density at radius 3 is 2.43 bits per heavy atom. The zero-order valence-corrected chi connectivity index (χ0v) is 29.5. The fourth-order valence-electron chi connectivity index (χ4n) is 6.73. The molecule has 262 valence electrons. The molecule has 0 aliphatic carbocycles. The predicted molar refractivity (Wildman–Crippen MR) is 186 cm³/mol. The van der Waals surface area contributed by atoms with Crippen molar-refractivity contribution < 1.29 is 23.5 Å². The maximum atomic E-state index is 16.3. The standard InChI is InChI=1S/C36H45ClFN7O4/c1-7-39-33(47)29(21(2)3)44-34(48)36(15-18-49-19-16-36)22-12-13-25-26(20-22)42-31(41-25)30(43-32(46)27-14-17-40-45(27)6)28(35(4,5)38)23-10-8-9-11-24(23)37/h8-14,17,20-21,28-30H,7,15-16,18-19H2,1-6H3,(H,39,47)(H,41,42)(H,43,46)(H,44,48)/t28?,29-,30?/m1/s1. The molecule has 0 spiro atoms. The van der Waals surface area contributed by atoms with E-state index in [1.54, 1.807) is 37.4 Å². The molecule has 0 radical (unpaired) electrons. The average Bonchev–Trinajstić information content (AvgIpc) is 3.69. The van der Waals surface area contributed by atoms with Gasteiger partial charge in [0.2, 0.25) is 11.8 Å². The number of aromatic amines is 1. The van der Waals surface area contributed by atoms with Crippen LogP contribution in [0.1, 0.15) is 86.9 Å². The minimum atomic E-state index is -1.86. The highest BCUT2D eigenvalue weighted by Crippen LogP contribution is 2.44. The van der Waals surface area contributed by atoms with Gasteiger partial charge in [-0.1, -0.05) is 49.7 Å². The summed E-state index contributed by atoms with van der Waals surface area (Å²) in [6.07, 6.45) is 2.35. The number of aromatic nitrogens is 4. The lowest BCUT2D eigenvalue weighted by molar-refractivity contribution is -0.135. The predicted octanol–water partition coefficient (Wildman–Crippen LogP) is 5.28. The van der Waals surface area contributed by atoms with Gasteiger partial charge in [-0.15, -0.1) is 0 Å². The molecule has 11 nitrogen and oxygen atoms in total. The molecule has 5 rings (SSSR count). The fraction of sp³-hybridized carbons (Fsp3) is 0.472. The zero-order valence-electron chi connectivity index (χ0n) is 28.8. The molecule has 2 aromatic heterocycles. The minimum absolute atomic E-state index is 0.130. The molecule has 4 aromatic rings. The van der Waals surface area contributed by atoms with Gasteiger partial charge in [-0.05, 0) is 74.9 Å². The Bertz CT molecular complexity index is 1810. The van der Waals surface area contributed by atoms with Crippen LogP contribution in [0.5, 0.6) is 0 Å². The molecule has 0 saturated carbocycles. The monoisotopic (exact) mass is 693 g/mol. The third-order valence-electron chi connectivity index (χ3n) is 9.37. The summed E-state index contributed by atoms with van der Waals surface area (Å²) in [5, 5.41) is 13.3. The number of ether oxygens (including phenoxy) is 1. The van der Waals surface area contributed by atoms with Crippen LogP contribution in [-0.4, -0.2) is 68.9 Å². The molecular weight excluding hydrogens is 649 g/mol. The Hall–Kier alpha value is -4.29. The number of halogens is 2. The van der Waals surface area contributed by atoms with E-state index in [0.29, 0.717) is 60.0 Å². The Labute approximate surface area is 290 Å². The van der Waals surface area contributed by atoms with Crippen molar-refractivity contribution >= 4 is 40.4 Å². The van der Waals surface area contributed by atoms with E-state index in [2.05, 4.69) is 26.0 Å². The summed E-state index contributed by atoms with van der Waals surface area (Å²) in [7, 11) is 1.65. The first-order valence-corrected chi connectivity index (χ1v) is 17.0. The van der Waals surface area contributed by atoms with E-state index in [1.807, 2.05) is 39.0 Å². The van der Waals surface area contributed by atoms with Crippen LogP contribution < -0.4 is 16.0 Å². The number of H-pyrrole nitrogens is 1. The fourth-order valence-corrected chi connectivity index (χ4v) is 6.99. The lowest BCUT2D eigenvalue weighted by atomic mass is 9.73. The van der Waals surface area contributed by atoms with Gasteiger partial charge in [-0.25, -0.2) is 9.37 Å². The van der Waals surface area contributed by atoms with Crippen LogP contribution in [0.2, 0.25) is 5.02 Å². The lowest BCUT2D eigenvalue weighted by Gasteiger charge is -2.37. The van der Waals surface area contributed by atoms with E-state index in [-0.39, 0.29) is 23.4 Å². The first-order chi connectivity index (χ1) is 23.3. The van der Waals surface area contributed by atoms with Crippen LogP contribution in [0.3, 0.4) is 0 Å². The topological polar surface area (TPSA) is 143 Å². The summed E-state index contributed by atoms with van der Waals surface area (Å²) in [6.45, 7) is 9.73. The maximum Gasteiger partial charge on any atom is 0.270 e. The molecule has 3 heterocycles. The number of hydrogen-bond acceptors (Lipinski definition) is 6. The van der Waals surface area contributed by atoms with Gasteiger partial charge < -0.3 is 25.7 Å². The van der Waals surface area contributed by atoms with Crippen LogP contribution in [0.4, 0.5) is 4.39 Å². The molecule has 0 bridgehead atoms. The maximum absolute atomic E-state index is 16.3. The van der Waals surface area contributed by atoms with Crippen molar-refractivity contribution in [3.8, 4) is 0 Å². The third-order valence-corrected chi connectivity index (χ3v) is 9.71. The summed E-state index contributed by atoms with van der Waals surface area (Å²) in [5.74, 6) is -1.71. The number of rotatable bonds is 12. The molecule has 49 heavy (non-hydrogen) atoms. The summed E-state index contributed by atoms with van der Waals surface area (Å²) in [5.41, 5.74) is -0.122. The number of carbonyl (C=O) groups is 3. The second-order valence-electron chi connectivity index (χ2n) is 13.5. The van der Waals surface area contributed by atoms with Crippen LogP contribution >= 0.6 is 11.6 Å². The largest absolute Gasteiger partial charge is 0.381 e. The van der Waals surface area contributed by atoms with Crippen LogP contribution in [0.15, 0.2) is 54.7 Å². The molecule has 3 atom stereocenters. The molecular formula is C36H45ClFN7O4. The van der Waals surface area contributed by atoms with E-state index in [1.165, 1.54) is 24.7 Å². The molecule has 1 aliphatic rings. The number of nitrogens with zero attached hydrogens (tertiary/aromatic N) is 3. The number of benzene rings is 2. The number of likely N-dealkylation sites (N-methyl/N-ethyl adjacent to an activating group) is 1. The third kappa shape index (κ3) is 7.50. The van der Waals surface area contributed by atoms with Gasteiger partial charge in [0, 0.05) is 43.9 Å². The summed E-state index contributed by atoms with van der Waals surface area (Å²) >= 11 is 6.64. The second-order valence-corrected chi connectivity index (χ2v) is 13.9. The highest BCUT2D eigenvalue weighted by atomic mass is 35.5. The zero-order chi connectivity index (χ0) is 35.5. The molecule has 13 heteroatoms. The Balaban J connectivity index is 1.59. The number of alkyl halides is 1. The molecule has 2 unspecified atom stereocenters. The van der Waals surface area contributed by atoms with E-state index in [4.69, 9.17) is 21.3 Å². The van der Waals surface area contributed by atoms with E-state index >= 15 is 4.39 Å². The molecule has 4 N–H and O–H groups in total. The lowest BCUT2D eigenvalue weighted by Crippen LogP contribution is -2.56. The highest BCUT2D eigenvalue weighted by molar-refractivity contribution is 6.31. The van der Waals surface area contributed by atoms with Gasteiger partial charge in [-0.2, -0.15) is 5.10 Å². The van der Waals surface area contributed by atoms with Crippen molar-refractivity contribution in [2.45, 2.75) is 76.5 Å².